The minimum Gasteiger partial charge on any atom is -0.372 e. The van der Waals surface area contributed by atoms with Gasteiger partial charge in [0.25, 0.3) is 5.91 Å². The highest BCUT2D eigenvalue weighted by atomic mass is 19.4. The van der Waals surface area contributed by atoms with Gasteiger partial charge < -0.3 is 10.2 Å². The molecular weight excluding hydrogens is 367 g/mol. The molecule has 0 heterocycles. The van der Waals surface area contributed by atoms with Gasteiger partial charge in [0, 0.05) is 18.8 Å². The van der Waals surface area contributed by atoms with Crippen LogP contribution in [0.4, 0.5) is 24.5 Å². The van der Waals surface area contributed by atoms with E-state index in [1.807, 2.05) is 26.0 Å². The number of rotatable bonds is 6. The van der Waals surface area contributed by atoms with Crippen LogP contribution in [0, 0.1) is 11.3 Å². The van der Waals surface area contributed by atoms with Crippen LogP contribution in [0.2, 0.25) is 0 Å². The summed E-state index contributed by atoms with van der Waals surface area (Å²) in [5.74, 6) is -0.896. The van der Waals surface area contributed by atoms with E-state index >= 15 is 0 Å². The van der Waals surface area contributed by atoms with E-state index < -0.39 is 23.3 Å². The highest BCUT2D eigenvalue weighted by molar-refractivity contribution is 6.10. The van der Waals surface area contributed by atoms with E-state index in [9.17, 15) is 23.2 Å². The lowest BCUT2D eigenvalue weighted by Crippen LogP contribution is -2.21. The number of para-hydroxylation sites is 1. The number of halogens is 3. The molecule has 0 radical (unpaired) electrons. The highest BCUT2D eigenvalue weighted by Crippen LogP contribution is 2.34. The second-order valence-corrected chi connectivity index (χ2v) is 5.93. The maximum atomic E-state index is 13.1. The van der Waals surface area contributed by atoms with Crippen molar-refractivity contribution in [2.45, 2.75) is 20.0 Å². The van der Waals surface area contributed by atoms with Gasteiger partial charge in [0.15, 0.2) is 0 Å². The SMILES string of the molecule is CCN(CC)c1ccc(/C=C(\C#N)C(=O)Nc2ccccc2C(F)(F)F)cc1. The Morgan fingerprint density at radius 2 is 1.71 bits per heavy atom. The Bertz CT molecular complexity index is 892. The van der Waals surface area contributed by atoms with Crippen LogP contribution < -0.4 is 10.2 Å². The average Bonchev–Trinajstić information content (AvgIpc) is 2.67. The van der Waals surface area contributed by atoms with Crippen molar-refractivity contribution in [2.24, 2.45) is 0 Å². The van der Waals surface area contributed by atoms with Crippen LogP contribution in [0.25, 0.3) is 6.08 Å². The number of carbonyl (C=O) groups is 1. The van der Waals surface area contributed by atoms with Crippen molar-refractivity contribution >= 4 is 23.4 Å². The molecule has 28 heavy (non-hydrogen) atoms. The molecule has 0 aliphatic rings. The molecule has 1 amide bonds. The molecule has 0 aliphatic carbocycles. The second-order valence-electron chi connectivity index (χ2n) is 5.93. The van der Waals surface area contributed by atoms with Gasteiger partial charge in [-0.15, -0.1) is 0 Å². The van der Waals surface area contributed by atoms with Crippen LogP contribution in [-0.2, 0) is 11.0 Å². The molecule has 0 aliphatic heterocycles. The van der Waals surface area contributed by atoms with Gasteiger partial charge in [-0.1, -0.05) is 24.3 Å². The predicted molar refractivity (Wildman–Crippen MR) is 104 cm³/mol. The quantitative estimate of drug-likeness (QED) is 0.554. The Kier molecular flexibility index (Phi) is 6.83. The zero-order chi connectivity index (χ0) is 20.7. The van der Waals surface area contributed by atoms with Crippen LogP contribution >= 0.6 is 0 Å². The summed E-state index contributed by atoms with van der Waals surface area (Å²) in [4.78, 5) is 14.5. The molecular formula is C21H20F3N3O. The number of alkyl halides is 3. The summed E-state index contributed by atoms with van der Waals surface area (Å²) in [7, 11) is 0. The maximum absolute atomic E-state index is 13.1. The first kappa shape index (κ1) is 21.0. The normalized spacial score (nSPS) is 11.6. The van der Waals surface area contributed by atoms with E-state index in [1.54, 1.807) is 18.2 Å². The maximum Gasteiger partial charge on any atom is 0.418 e. The summed E-state index contributed by atoms with van der Waals surface area (Å²) in [6.45, 7) is 5.76. The van der Waals surface area contributed by atoms with Crippen molar-refractivity contribution in [1.82, 2.24) is 0 Å². The van der Waals surface area contributed by atoms with E-state index in [4.69, 9.17) is 0 Å². The van der Waals surface area contributed by atoms with Crippen LogP contribution in [-0.4, -0.2) is 19.0 Å². The fourth-order valence-electron chi connectivity index (χ4n) is 2.71. The summed E-state index contributed by atoms with van der Waals surface area (Å²) in [6.07, 6.45) is -3.27. The number of nitrogens with zero attached hydrogens (tertiary/aromatic N) is 2. The Hall–Kier alpha value is -3.27. The van der Waals surface area contributed by atoms with E-state index in [2.05, 4.69) is 10.2 Å². The number of hydrogen-bond donors (Lipinski definition) is 1. The van der Waals surface area contributed by atoms with E-state index in [1.165, 1.54) is 18.2 Å². The number of hydrogen-bond acceptors (Lipinski definition) is 3. The molecule has 0 aromatic heterocycles. The van der Waals surface area contributed by atoms with Crippen LogP contribution in [0.15, 0.2) is 54.1 Å². The third-order valence-corrected chi connectivity index (χ3v) is 4.18. The number of amides is 1. The summed E-state index contributed by atoms with van der Waals surface area (Å²) in [5.41, 5.74) is -0.0364. The number of carbonyl (C=O) groups excluding carboxylic acids is 1. The lowest BCUT2D eigenvalue weighted by atomic mass is 10.1. The molecule has 0 saturated heterocycles. The van der Waals surface area contributed by atoms with Crippen molar-refractivity contribution in [1.29, 1.82) is 5.26 Å². The summed E-state index contributed by atoms with van der Waals surface area (Å²) in [5, 5.41) is 11.5. The topological polar surface area (TPSA) is 56.1 Å². The van der Waals surface area contributed by atoms with Crippen molar-refractivity contribution < 1.29 is 18.0 Å². The smallest absolute Gasteiger partial charge is 0.372 e. The molecule has 0 bridgehead atoms. The van der Waals surface area contributed by atoms with Gasteiger partial charge in [-0.25, -0.2) is 0 Å². The average molecular weight is 387 g/mol. The summed E-state index contributed by atoms with van der Waals surface area (Å²) >= 11 is 0. The van der Waals surface area contributed by atoms with Gasteiger partial charge in [-0.3, -0.25) is 4.79 Å². The Morgan fingerprint density at radius 3 is 2.25 bits per heavy atom. The largest absolute Gasteiger partial charge is 0.418 e. The first-order valence-electron chi connectivity index (χ1n) is 8.74. The zero-order valence-corrected chi connectivity index (χ0v) is 15.5. The molecule has 0 unspecified atom stereocenters. The summed E-state index contributed by atoms with van der Waals surface area (Å²) in [6, 6.07) is 13.6. The Morgan fingerprint density at radius 1 is 1.11 bits per heavy atom. The molecule has 0 fully saturated rings. The molecule has 0 atom stereocenters. The van der Waals surface area contributed by atoms with Gasteiger partial charge in [0.1, 0.15) is 11.6 Å². The van der Waals surface area contributed by atoms with Crippen LogP contribution in [0.5, 0.6) is 0 Å². The lowest BCUT2D eigenvalue weighted by Gasteiger charge is -2.20. The predicted octanol–water partition coefficient (Wildman–Crippen LogP) is 5.10. The van der Waals surface area contributed by atoms with Gasteiger partial charge in [0.2, 0.25) is 0 Å². The second kappa shape index (κ2) is 9.09. The molecule has 0 spiro atoms. The molecule has 0 saturated carbocycles. The van der Waals surface area contributed by atoms with E-state index in [0.717, 1.165) is 30.9 Å². The standard InChI is InChI=1S/C21H20F3N3O/c1-3-27(4-2)17-11-9-15(10-12-17)13-16(14-25)20(28)26-19-8-6-5-7-18(19)21(22,23)24/h5-13H,3-4H2,1-2H3,(H,26,28)/b16-13+. The van der Waals surface area contributed by atoms with Gasteiger partial charge in [-0.05, 0) is 49.8 Å². The van der Waals surface area contributed by atoms with Crippen LogP contribution in [0.3, 0.4) is 0 Å². The van der Waals surface area contributed by atoms with Crippen molar-refractivity contribution in [3.05, 3.63) is 65.2 Å². The Labute approximate surface area is 161 Å². The number of nitriles is 1. The van der Waals surface area contributed by atoms with Crippen molar-refractivity contribution in [3.8, 4) is 6.07 Å². The van der Waals surface area contributed by atoms with Gasteiger partial charge in [0.05, 0.1) is 11.3 Å². The van der Waals surface area contributed by atoms with Crippen molar-refractivity contribution in [2.75, 3.05) is 23.3 Å². The highest BCUT2D eigenvalue weighted by Gasteiger charge is 2.33. The molecule has 146 valence electrons. The Balaban J connectivity index is 2.24. The minimum absolute atomic E-state index is 0.285. The van der Waals surface area contributed by atoms with Crippen molar-refractivity contribution in [3.63, 3.8) is 0 Å². The first-order chi connectivity index (χ1) is 13.3. The number of nitrogens with one attached hydrogen (secondary N) is 1. The molecule has 2 rings (SSSR count). The number of anilines is 2. The van der Waals surface area contributed by atoms with Crippen LogP contribution in [0.1, 0.15) is 25.0 Å². The fourth-order valence-corrected chi connectivity index (χ4v) is 2.71. The molecule has 7 heteroatoms. The molecule has 4 nitrogen and oxygen atoms in total. The van der Waals surface area contributed by atoms with E-state index in [-0.39, 0.29) is 5.57 Å². The lowest BCUT2D eigenvalue weighted by molar-refractivity contribution is -0.137. The third kappa shape index (κ3) is 5.13. The first-order valence-corrected chi connectivity index (χ1v) is 8.74. The fraction of sp³-hybridized carbons (Fsp3) is 0.238. The minimum atomic E-state index is -4.61. The van der Waals surface area contributed by atoms with E-state index in [0.29, 0.717) is 5.56 Å². The molecule has 2 aromatic rings. The monoisotopic (exact) mass is 387 g/mol. The molecule has 2 aromatic carbocycles. The summed E-state index contributed by atoms with van der Waals surface area (Å²) < 4.78 is 39.2. The molecule has 1 N–H and O–H groups in total. The third-order valence-electron chi connectivity index (χ3n) is 4.18. The van der Waals surface area contributed by atoms with Gasteiger partial charge >= 0.3 is 6.18 Å². The van der Waals surface area contributed by atoms with Gasteiger partial charge in [-0.2, -0.15) is 18.4 Å². The number of benzene rings is 2. The zero-order valence-electron chi connectivity index (χ0n) is 15.5.